The second kappa shape index (κ2) is 8.04. The molecular weight excluding hydrogens is 296 g/mol. The Kier molecular flexibility index (Phi) is 6.36. The van der Waals surface area contributed by atoms with Gasteiger partial charge >= 0.3 is 0 Å². The van der Waals surface area contributed by atoms with Crippen LogP contribution >= 0.6 is 11.8 Å². The van der Waals surface area contributed by atoms with Crippen LogP contribution in [0.2, 0.25) is 0 Å². The molecule has 2 aliphatic heterocycles. The number of thioether (sulfide) groups is 1. The zero-order chi connectivity index (χ0) is 16.1. The van der Waals surface area contributed by atoms with Crippen LogP contribution in [0.15, 0.2) is 11.6 Å². The smallest absolute Gasteiger partial charge is 0.250 e. The summed E-state index contributed by atoms with van der Waals surface area (Å²) >= 11 is 1.68. The molecule has 0 bridgehead atoms. The van der Waals surface area contributed by atoms with E-state index in [0.29, 0.717) is 11.8 Å². The molecule has 2 saturated heterocycles. The zero-order valence-corrected chi connectivity index (χ0v) is 14.8. The lowest BCUT2D eigenvalue weighted by Gasteiger charge is -2.29. The van der Waals surface area contributed by atoms with Crippen LogP contribution in [0.25, 0.3) is 0 Å². The van der Waals surface area contributed by atoms with Crippen molar-refractivity contribution in [3.8, 4) is 0 Å². The minimum Gasteiger partial charge on any atom is -0.341 e. The topological polar surface area (TPSA) is 40.6 Å². The van der Waals surface area contributed by atoms with Gasteiger partial charge in [0.2, 0.25) is 5.91 Å². The van der Waals surface area contributed by atoms with Crippen molar-refractivity contribution in [3.63, 3.8) is 0 Å². The molecule has 22 heavy (non-hydrogen) atoms. The van der Waals surface area contributed by atoms with Crippen LogP contribution in [-0.4, -0.2) is 52.4 Å². The molecule has 0 spiro atoms. The maximum Gasteiger partial charge on any atom is 0.250 e. The number of hydrogen-bond acceptors (Lipinski definition) is 3. The minimum absolute atomic E-state index is 0.0217. The summed E-state index contributed by atoms with van der Waals surface area (Å²) < 4.78 is 0. The molecule has 2 heterocycles. The van der Waals surface area contributed by atoms with Gasteiger partial charge in [0.15, 0.2) is 0 Å². The van der Waals surface area contributed by atoms with E-state index in [1.54, 1.807) is 16.7 Å². The molecule has 2 aliphatic rings. The van der Waals surface area contributed by atoms with Crippen LogP contribution in [-0.2, 0) is 9.59 Å². The number of carbonyl (C=O) groups excluding carboxylic acids is 2. The number of hydrogen-bond donors (Lipinski definition) is 0. The summed E-state index contributed by atoms with van der Waals surface area (Å²) in [5.74, 6) is 2.23. The van der Waals surface area contributed by atoms with Crippen molar-refractivity contribution in [1.29, 1.82) is 0 Å². The summed E-state index contributed by atoms with van der Waals surface area (Å²) in [4.78, 5) is 29.1. The second-order valence-electron chi connectivity index (χ2n) is 6.45. The Hall–Kier alpha value is -0.970. The van der Waals surface area contributed by atoms with Gasteiger partial charge in [-0.05, 0) is 38.5 Å². The highest BCUT2D eigenvalue weighted by Gasteiger charge is 2.37. The second-order valence-corrected chi connectivity index (χ2v) is 7.45. The van der Waals surface area contributed by atoms with Crippen LogP contribution in [0.4, 0.5) is 0 Å². The molecule has 0 radical (unpaired) electrons. The van der Waals surface area contributed by atoms with Gasteiger partial charge in [0.1, 0.15) is 6.04 Å². The van der Waals surface area contributed by atoms with Crippen LogP contribution < -0.4 is 0 Å². The van der Waals surface area contributed by atoms with E-state index in [1.807, 2.05) is 24.8 Å². The molecule has 2 amide bonds. The van der Waals surface area contributed by atoms with Crippen molar-refractivity contribution in [1.82, 2.24) is 9.80 Å². The maximum atomic E-state index is 12.9. The molecule has 0 aromatic heterocycles. The lowest BCUT2D eigenvalue weighted by Crippen LogP contribution is -2.49. The van der Waals surface area contributed by atoms with E-state index in [9.17, 15) is 9.59 Å². The maximum absolute atomic E-state index is 12.9. The summed E-state index contributed by atoms with van der Waals surface area (Å²) in [6.45, 7) is 7.82. The van der Waals surface area contributed by atoms with Gasteiger partial charge in [-0.25, -0.2) is 0 Å². The highest BCUT2D eigenvalue weighted by molar-refractivity contribution is 7.99. The van der Waals surface area contributed by atoms with Crippen LogP contribution in [0.5, 0.6) is 0 Å². The van der Waals surface area contributed by atoms with Crippen molar-refractivity contribution in [2.75, 3.05) is 24.7 Å². The number of carbonyl (C=O) groups is 2. The highest BCUT2D eigenvalue weighted by Crippen LogP contribution is 2.26. The third-order valence-corrected chi connectivity index (χ3v) is 5.62. The number of nitrogens with zero attached hydrogens (tertiary/aromatic N) is 2. The van der Waals surface area contributed by atoms with E-state index in [4.69, 9.17) is 0 Å². The average molecular weight is 324 g/mol. The number of amides is 2. The summed E-state index contributed by atoms with van der Waals surface area (Å²) in [5.41, 5.74) is 0.757. The van der Waals surface area contributed by atoms with Gasteiger partial charge in [-0.15, -0.1) is 11.8 Å². The fourth-order valence-corrected chi connectivity index (χ4v) is 4.31. The van der Waals surface area contributed by atoms with Gasteiger partial charge < -0.3 is 9.80 Å². The van der Waals surface area contributed by atoms with Crippen LogP contribution in [0.3, 0.4) is 0 Å². The molecule has 5 heteroatoms. The Labute approximate surface area is 138 Å². The summed E-state index contributed by atoms with van der Waals surface area (Å²) in [5, 5.41) is 0. The molecular formula is C17H28N2O2S. The van der Waals surface area contributed by atoms with Crippen molar-refractivity contribution in [3.05, 3.63) is 11.6 Å². The first-order chi connectivity index (χ1) is 10.5. The van der Waals surface area contributed by atoms with Gasteiger partial charge in [-0.3, -0.25) is 9.59 Å². The Balaban J connectivity index is 2.04. The average Bonchev–Trinajstić information content (AvgIpc) is 2.88. The third-order valence-electron chi connectivity index (χ3n) is 4.60. The molecule has 0 aromatic rings. The fourth-order valence-electron chi connectivity index (χ4n) is 3.16. The van der Waals surface area contributed by atoms with E-state index in [0.717, 1.165) is 43.7 Å². The highest BCUT2D eigenvalue weighted by atomic mass is 32.2. The number of likely N-dealkylation sites (tertiary alicyclic amines) is 1. The monoisotopic (exact) mass is 324 g/mol. The van der Waals surface area contributed by atoms with Gasteiger partial charge in [0.25, 0.3) is 5.91 Å². The molecule has 0 unspecified atom stereocenters. The zero-order valence-electron chi connectivity index (χ0n) is 14.0. The normalized spacial score (nSPS) is 27.0. The van der Waals surface area contributed by atoms with Crippen molar-refractivity contribution in [2.24, 2.45) is 5.92 Å². The van der Waals surface area contributed by atoms with E-state index >= 15 is 0 Å². The predicted octanol–water partition coefficient (Wildman–Crippen LogP) is 2.89. The van der Waals surface area contributed by atoms with E-state index in [1.165, 1.54) is 6.42 Å². The van der Waals surface area contributed by atoms with Gasteiger partial charge in [-0.2, -0.15) is 0 Å². The molecule has 0 saturated carbocycles. The summed E-state index contributed by atoms with van der Waals surface area (Å²) in [7, 11) is 0. The minimum atomic E-state index is -0.272. The van der Waals surface area contributed by atoms with Crippen LogP contribution in [0.1, 0.15) is 46.5 Å². The van der Waals surface area contributed by atoms with Gasteiger partial charge in [0, 0.05) is 24.4 Å². The Morgan fingerprint density at radius 1 is 1.27 bits per heavy atom. The molecule has 4 nitrogen and oxygen atoms in total. The van der Waals surface area contributed by atoms with Gasteiger partial charge in [-0.1, -0.05) is 19.9 Å². The number of rotatable bonds is 3. The van der Waals surface area contributed by atoms with E-state index in [2.05, 4.69) is 6.92 Å². The number of allylic oxidation sites excluding steroid dienone is 1. The standard InChI is InChI=1S/C17H28N2O2S/c1-4-6-14(3)16(20)19-12-22-11-15(19)17(21)18-9-5-7-13(2)8-10-18/h6,13,15H,4-5,7-12H2,1-3H3/b14-6+/t13-,15-/m1/s1. The molecule has 0 N–H and O–H groups in total. The first-order valence-corrected chi connectivity index (χ1v) is 9.54. The molecule has 124 valence electrons. The summed E-state index contributed by atoms with van der Waals surface area (Å²) in [6.07, 6.45) is 6.15. The Morgan fingerprint density at radius 2 is 2.05 bits per heavy atom. The van der Waals surface area contributed by atoms with Crippen molar-refractivity contribution >= 4 is 23.6 Å². The lowest BCUT2D eigenvalue weighted by atomic mass is 10.0. The third kappa shape index (κ3) is 4.06. The Bertz CT molecular complexity index is 450. The molecule has 2 rings (SSSR count). The molecule has 2 atom stereocenters. The fraction of sp³-hybridized carbons (Fsp3) is 0.765. The van der Waals surface area contributed by atoms with Crippen molar-refractivity contribution in [2.45, 2.75) is 52.5 Å². The summed E-state index contributed by atoms with van der Waals surface area (Å²) in [6, 6.07) is -0.272. The van der Waals surface area contributed by atoms with E-state index < -0.39 is 0 Å². The van der Waals surface area contributed by atoms with E-state index in [-0.39, 0.29) is 17.9 Å². The SMILES string of the molecule is CC/C=C(\C)C(=O)N1CSC[C@@H]1C(=O)N1CCC[C@@H](C)CC1. The quantitative estimate of drug-likeness (QED) is 0.750. The van der Waals surface area contributed by atoms with Gasteiger partial charge in [0.05, 0.1) is 5.88 Å². The molecule has 0 aromatic carbocycles. The first-order valence-electron chi connectivity index (χ1n) is 8.38. The predicted molar refractivity (Wildman–Crippen MR) is 91.6 cm³/mol. The largest absolute Gasteiger partial charge is 0.341 e. The van der Waals surface area contributed by atoms with Crippen molar-refractivity contribution < 1.29 is 9.59 Å². The first kappa shape index (κ1) is 17.4. The Morgan fingerprint density at radius 3 is 2.77 bits per heavy atom. The molecule has 0 aliphatic carbocycles. The molecule has 2 fully saturated rings. The lowest BCUT2D eigenvalue weighted by molar-refractivity contribution is -0.141. The van der Waals surface area contributed by atoms with Crippen LogP contribution in [0, 0.1) is 5.92 Å².